The normalized spacial score (nSPS) is 37.3. The summed E-state index contributed by atoms with van der Waals surface area (Å²) < 4.78 is 0. The minimum absolute atomic E-state index is 0.0973. The molecule has 4 atom stereocenters. The van der Waals surface area contributed by atoms with E-state index in [1.165, 1.54) is 44.9 Å². The highest BCUT2D eigenvalue weighted by Gasteiger charge is 2.40. The van der Waals surface area contributed by atoms with E-state index in [2.05, 4.69) is 15.1 Å². The number of rotatable bonds is 2. The maximum atomic E-state index is 13.1. The third-order valence-electron chi connectivity index (χ3n) is 6.79. The first-order chi connectivity index (χ1) is 11.7. The molecule has 4 rings (SSSR count). The first-order valence-electron chi connectivity index (χ1n) is 10.1. The lowest BCUT2D eigenvalue weighted by atomic mass is 9.78. The first kappa shape index (κ1) is 16.4. The fourth-order valence-corrected chi connectivity index (χ4v) is 5.64. The number of fused-ring (bicyclic) bond motifs is 2. The zero-order valence-electron chi connectivity index (χ0n) is 14.7. The van der Waals surface area contributed by atoms with Gasteiger partial charge in [-0.15, -0.1) is 0 Å². The Morgan fingerprint density at radius 2 is 1.67 bits per heavy atom. The molecule has 0 aromatic rings. The van der Waals surface area contributed by atoms with Gasteiger partial charge in [0.15, 0.2) is 0 Å². The van der Waals surface area contributed by atoms with Crippen LogP contribution in [0.5, 0.6) is 0 Å². The molecular weight excluding hydrogens is 302 g/mol. The molecule has 0 bridgehead atoms. The molecule has 2 heterocycles. The van der Waals surface area contributed by atoms with Crippen LogP contribution in [0.25, 0.3) is 0 Å². The van der Waals surface area contributed by atoms with E-state index >= 15 is 0 Å². The molecule has 2 amide bonds. The summed E-state index contributed by atoms with van der Waals surface area (Å²) in [5.74, 6) is 1.09. The zero-order valence-corrected chi connectivity index (χ0v) is 14.7. The monoisotopic (exact) mass is 333 g/mol. The van der Waals surface area contributed by atoms with Gasteiger partial charge in [0.25, 0.3) is 0 Å². The van der Waals surface area contributed by atoms with Crippen LogP contribution in [0.2, 0.25) is 0 Å². The molecule has 5 nitrogen and oxygen atoms in total. The van der Waals surface area contributed by atoms with Crippen LogP contribution in [0.1, 0.15) is 64.2 Å². The second-order valence-corrected chi connectivity index (χ2v) is 8.27. The summed E-state index contributed by atoms with van der Waals surface area (Å²) in [6.07, 6.45) is 12.1. The number of piperazine rings is 1. The lowest BCUT2D eigenvalue weighted by Crippen LogP contribution is -2.63. The number of nitrogens with one attached hydrogen (secondary N) is 1. The largest absolute Gasteiger partial charge is 0.351 e. The Bertz CT molecular complexity index is 493. The van der Waals surface area contributed by atoms with Crippen LogP contribution < -0.4 is 5.32 Å². The lowest BCUT2D eigenvalue weighted by Gasteiger charge is -2.47. The van der Waals surface area contributed by atoms with Gasteiger partial charge in [0.1, 0.15) is 0 Å². The molecule has 4 aliphatic rings. The molecule has 2 saturated carbocycles. The molecule has 0 spiro atoms. The highest BCUT2D eigenvalue weighted by molar-refractivity contribution is 5.82. The molecule has 2 aliphatic heterocycles. The van der Waals surface area contributed by atoms with E-state index in [1.807, 2.05) is 0 Å². The van der Waals surface area contributed by atoms with Gasteiger partial charge in [0, 0.05) is 24.7 Å². The minimum atomic E-state index is 0.0973. The molecule has 0 aromatic heterocycles. The number of carbonyl (C=O) groups excluding carboxylic acids is 2. The highest BCUT2D eigenvalue weighted by Crippen LogP contribution is 2.35. The highest BCUT2D eigenvalue weighted by atomic mass is 16.2. The SMILES string of the molecule is O=C1CN(CC(=O)N2CCC[C@@H]3CCCC[C@@H]32)[C@H]2CCCC[C@H]2N1. The molecule has 134 valence electrons. The van der Waals surface area contributed by atoms with Crippen LogP contribution in [0, 0.1) is 5.92 Å². The minimum Gasteiger partial charge on any atom is -0.351 e. The summed E-state index contributed by atoms with van der Waals surface area (Å²) in [5.41, 5.74) is 0. The number of nitrogens with zero attached hydrogens (tertiary/aromatic N) is 2. The van der Waals surface area contributed by atoms with E-state index < -0.39 is 0 Å². The van der Waals surface area contributed by atoms with Gasteiger partial charge in [-0.3, -0.25) is 14.5 Å². The molecule has 2 aliphatic carbocycles. The van der Waals surface area contributed by atoms with Gasteiger partial charge in [0.2, 0.25) is 11.8 Å². The summed E-state index contributed by atoms with van der Waals surface area (Å²) in [6, 6.07) is 1.10. The van der Waals surface area contributed by atoms with Gasteiger partial charge < -0.3 is 10.2 Å². The maximum Gasteiger partial charge on any atom is 0.237 e. The Hall–Kier alpha value is -1.10. The predicted octanol–water partition coefficient (Wildman–Crippen LogP) is 1.91. The van der Waals surface area contributed by atoms with E-state index in [0.717, 1.165) is 31.7 Å². The lowest BCUT2D eigenvalue weighted by molar-refractivity contribution is -0.142. The second kappa shape index (κ2) is 7.03. The molecule has 24 heavy (non-hydrogen) atoms. The fraction of sp³-hybridized carbons (Fsp3) is 0.895. The quantitative estimate of drug-likeness (QED) is 0.840. The number of hydrogen-bond acceptors (Lipinski definition) is 3. The van der Waals surface area contributed by atoms with Crippen LogP contribution in [0.15, 0.2) is 0 Å². The average Bonchev–Trinajstić information content (AvgIpc) is 2.61. The summed E-state index contributed by atoms with van der Waals surface area (Å²) in [4.78, 5) is 29.4. The van der Waals surface area contributed by atoms with E-state index in [0.29, 0.717) is 25.2 Å². The Labute approximate surface area is 145 Å². The Morgan fingerprint density at radius 3 is 2.54 bits per heavy atom. The van der Waals surface area contributed by atoms with E-state index in [4.69, 9.17) is 0 Å². The second-order valence-electron chi connectivity index (χ2n) is 8.27. The number of likely N-dealkylation sites (tertiary alicyclic amines) is 1. The van der Waals surface area contributed by atoms with Crippen LogP contribution >= 0.6 is 0 Å². The van der Waals surface area contributed by atoms with Gasteiger partial charge in [-0.25, -0.2) is 0 Å². The maximum absolute atomic E-state index is 13.1. The average molecular weight is 333 g/mol. The topological polar surface area (TPSA) is 52.7 Å². The van der Waals surface area contributed by atoms with Crippen LogP contribution in [-0.2, 0) is 9.59 Å². The van der Waals surface area contributed by atoms with Crippen LogP contribution in [0.4, 0.5) is 0 Å². The van der Waals surface area contributed by atoms with Crippen molar-refractivity contribution in [3.05, 3.63) is 0 Å². The number of carbonyl (C=O) groups is 2. The fourth-order valence-electron chi connectivity index (χ4n) is 5.64. The van der Waals surface area contributed by atoms with Crippen molar-refractivity contribution in [1.29, 1.82) is 0 Å². The number of piperidine rings is 1. The van der Waals surface area contributed by atoms with Gasteiger partial charge in [-0.1, -0.05) is 25.7 Å². The smallest absolute Gasteiger partial charge is 0.237 e. The van der Waals surface area contributed by atoms with Crippen molar-refractivity contribution in [3.63, 3.8) is 0 Å². The molecule has 4 fully saturated rings. The summed E-state index contributed by atoms with van der Waals surface area (Å²) >= 11 is 0. The van der Waals surface area contributed by atoms with Gasteiger partial charge >= 0.3 is 0 Å². The molecule has 2 saturated heterocycles. The Balaban J connectivity index is 1.43. The van der Waals surface area contributed by atoms with Gasteiger partial charge in [-0.2, -0.15) is 0 Å². The van der Waals surface area contributed by atoms with E-state index in [1.54, 1.807) is 0 Å². The van der Waals surface area contributed by atoms with E-state index in [9.17, 15) is 9.59 Å². The molecular formula is C19H31N3O2. The van der Waals surface area contributed by atoms with Crippen molar-refractivity contribution in [2.45, 2.75) is 82.3 Å². The molecule has 0 unspecified atom stereocenters. The molecule has 0 aromatic carbocycles. The van der Waals surface area contributed by atoms with Crippen molar-refractivity contribution < 1.29 is 9.59 Å². The molecule has 5 heteroatoms. The van der Waals surface area contributed by atoms with Crippen molar-refractivity contribution in [2.24, 2.45) is 5.92 Å². The summed E-state index contributed by atoms with van der Waals surface area (Å²) in [6.45, 7) is 1.76. The van der Waals surface area contributed by atoms with Crippen LogP contribution in [0.3, 0.4) is 0 Å². The van der Waals surface area contributed by atoms with E-state index in [-0.39, 0.29) is 17.9 Å². The summed E-state index contributed by atoms with van der Waals surface area (Å²) in [7, 11) is 0. The Kier molecular flexibility index (Phi) is 4.79. The van der Waals surface area contributed by atoms with Gasteiger partial charge in [0.05, 0.1) is 13.1 Å². The third-order valence-corrected chi connectivity index (χ3v) is 6.79. The van der Waals surface area contributed by atoms with Crippen molar-refractivity contribution in [3.8, 4) is 0 Å². The van der Waals surface area contributed by atoms with Gasteiger partial charge in [-0.05, 0) is 44.4 Å². The predicted molar refractivity (Wildman–Crippen MR) is 92.5 cm³/mol. The molecule has 0 radical (unpaired) electrons. The third kappa shape index (κ3) is 3.19. The number of amides is 2. The number of hydrogen-bond donors (Lipinski definition) is 1. The van der Waals surface area contributed by atoms with Crippen molar-refractivity contribution in [1.82, 2.24) is 15.1 Å². The van der Waals surface area contributed by atoms with Crippen molar-refractivity contribution in [2.75, 3.05) is 19.6 Å². The summed E-state index contributed by atoms with van der Waals surface area (Å²) in [5, 5.41) is 3.14. The van der Waals surface area contributed by atoms with Crippen molar-refractivity contribution >= 4 is 11.8 Å². The zero-order chi connectivity index (χ0) is 16.5. The standard InChI is InChI=1S/C19H31N3O2/c23-18-12-21(17-10-4-2-8-15(17)20-18)13-19(24)22-11-5-7-14-6-1-3-9-16(14)22/h14-17H,1-13H2,(H,20,23)/t14-,15+,16-,17-/m0/s1. The van der Waals surface area contributed by atoms with Crippen LogP contribution in [-0.4, -0.2) is 59.4 Å². The molecule has 1 N–H and O–H groups in total. The Morgan fingerprint density at radius 1 is 0.958 bits per heavy atom. The first-order valence-corrected chi connectivity index (χ1v) is 10.1.